The molecule has 106 valence electrons. The number of aromatic nitrogens is 1. The van der Waals surface area contributed by atoms with Crippen LogP contribution in [0.3, 0.4) is 0 Å². The van der Waals surface area contributed by atoms with E-state index >= 15 is 0 Å². The Hall–Kier alpha value is -1.13. The van der Waals surface area contributed by atoms with E-state index in [4.69, 9.17) is 0 Å². The van der Waals surface area contributed by atoms with Crippen LogP contribution in [0.25, 0.3) is 0 Å². The van der Waals surface area contributed by atoms with Gasteiger partial charge in [-0.05, 0) is 32.5 Å². The van der Waals surface area contributed by atoms with E-state index in [1.165, 1.54) is 43.7 Å². The van der Waals surface area contributed by atoms with Gasteiger partial charge in [-0.25, -0.2) is 0 Å². The molecule has 0 amide bonds. The Balaban J connectivity index is 2.05. The van der Waals surface area contributed by atoms with Crippen molar-refractivity contribution in [1.29, 1.82) is 0 Å². The van der Waals surface area contributed by atoms with Crippen LogP contribution >= 0.6 is 0 Å². The van der Waals surface area contributed by atoms with Crippen molar-refractivity contribution in [2.24, 2.45) is 0 Å². The van der Waals surface area contributed by atoms with E-state index in [0.717, 1.165) is 6.54 Å². The first-order chi connectivity index (χ1) is 9.26. The van der Waals surface area contributed by atoms with Gasteiger partial charge in [-0.1, -0.05) is 6.92 Å². The van der Waals surface area contributed by atoms with Crippen LogP contribution in [0.5, 0.6) is 0 Å². The highest BCUT2D eigenvalue weighted by Gasteiger charge is 2.22. The molecular formula is C15H26N4. The number of pyridine rings is 1. The van der Waals surface area contributed by atoms with Gasteiger partial charge < -0.3 is 15.1 Å². The Morgan fingerprint density at radius 3 is 2.79 bits per heavy atom. The maximum Gasteiger partial charge on any atom is 0.0442 e. The zero-order valence-corrected chi connectivity index (χ0v) is 12.4. The number of rotatable bonds is 5. The Bertz CT molecular complexity index is 385. The summed E-state index contributed by atoms with van der Waals surface area (Å²) in [5.74, 6) is 0. The van der Waals surface area contributed by atoms with Crippen molar-refractivity contribution in [3.05, 3.63) is 24.0 Å². The number of piperidine rings is 1. The fraction of sp³-hybridized carbons (Fsp3) is 0.667. The first-order valence-electron chi connectivity index (χ1n) is 7.29. The quantitative estimate of drug-likeness (QED) is 0.875. The lowest BCUT2D eigenvalue weighted by Gasteiger charge is -2.38. The van der Waals surface area contributed by atoms with Gasteiger partial charge in [0.15, 0.2) is 0 Å². The van der Waals surface area contributed by atoms with Crippen LogP contribution in [-0.2, 0) is 6.54 Å². The predicted octanol–water partition coefficient (Wildman–Crippen LogP) is 1.72. The molecule has 1 aromatic rings. The van der Waals surface area contributed by atoms with Gasteiger partial charge >= 0.3 is 0 Å². The second kappa shape index (κ2) is 6.87. The van der Waals surface area contributed by atoms with Crippen molar-refractivity contribution >= 4 is 5.69 Å². The van der Waals surface area contributed by atoms with Gasteiger partial charge in [-0.2, -0.15) is 0 Å². The van der Waals surface area contributed by atoms with Crippen LogP contribution < -0.4 is 10.2 Å². The van der Waals surface area contributed by atoms with Crippen molar-refractivity contribution in [2.75, 3.05) is 38.6 Å². The summed E-state index contributed by atoms with van der Waals surface area (Å²) in [4.78, 5) is 9.22. The smallest absolute Gasteiger partial charge is 0.0442 e. The molecule has 2 rings (SSSR count). The lowest BCUT2D eigenvalue weighted by Crippen LogP contribution is -2.43. The third kappa shape index (κ3) is 3.45. The van der Waals surface area contributed by atoms with Crippen LogP contribution in [0, 0.1) is 0 Å². The molecule has 1 N–H and O–H groups in total. The van der Waals surface area contributed by atoms with Crippen molar-refractivity contribution in [3.63, 3.8) is 0 Å². The molecule has 0 bridgehead atoms. The monoisotopic (exact) mass is 262 g/mol. The molecule has 0 radical (unpaired) electrons. The van der Waals surface area contributed by atoms with Crippen molar-refractivity contribution in [3.8, 4) is 0 Å². The average Bonchev–Trinajstić information content (AvgIpc) is 2.47. The molecular weight excluding hydrogens is 236 g/mol. The molecule has 0 spiro atoms. The van der Waals surface area contributed by atoms with Crippen molar-refractivity contribution in [1.82, 2.24) is 15.2 Å². The Kier molecular flexibility index (Phi) is 5.16. The Morgan fingerprint density at radius 1 is 1.42 bits per heavy atom. The average molecular weight is 262 g/mol. The molecule has 0 saturated carbocycles. The topological polar surface area (TPSA) is 31.4 Å². The molecule has 0 unspecified atom stereocenters. The van der Waals surface area contributed by atoms with E-state index in [2.05, 4.69) is 40.1 Å². The third-order valence-corrected chi connectivity index (χ3v) is 4.18. The van der Waals surface area contributed by atoms with Gasteiger partial charge in [0.25, 0.3) is 0 Å². The van der Waals surface area contributed by atoms with Crippen LogP contribution in [-0.4, -0.2) is 49.7 Å². The molecule has 0 aliphatic carbocycles. The Labute approximate surface area is 116 Å². The second-order valence-electron chi connectivity index (χ2n) is 5.31. The van der Waals surface area contributed by atoms with Crippen LogP contribution in [0.4, 0.5) is 5.69 Å². The molecule has 4 nitrogen and oxygen atoms in total. The molecule has 0 atom stereocenters. The van der Waals surface area contributed by atoms with E-state index in [1.807, 2.05) is 19.4 Å². The molecule has 1 aliphatic heterocycles. The van der Waals surface area contributed by atoms with Crippen molar-refractivity contribution < 1.29 is 0 Å². The third-order valence-electron chi connectivity index (χ3n) is 4.18. The molecule has 0 aromatic carbocycles. The largest absolute Gasteiger partial charge is 0.371 e. The number of likely N-dealkylation sites (tertiary alicyclic amines) is 1. The molecule has 1 aromatic heterocycles. The van der Waals surface area contributed by atoms with Crippen molar-refractivity contribution in [2.45, 2.75) is 32.4 Å². The zero-order chi connectivity index (χ0) is 13.7. The van der Waals surface area contributed by atoms with Gasteiger partial charge in [0, 0.05) is 56.4 Å². The maximum atomic E-state index is 4.24. The summed E-state index contributed by atoms with van der Waals surface area (Å²) in [6.07, 6.45) is 6.38. The molecule has 2 heterocycles. The minimum absolute atomic E-state index is 0.654. The highest BCUT2D eigenvalue weighted by molar-refractivity contribution is 5.52. The Morgan fingerprint density at radius 2 is 2.16 bits per heavy atom. The first-order valence-corrected chi connectivity index (χ1v) is 7.29. The lowest BCUT2D eigenvalue weighted by atomic mass is 10.0. The van der Waals surface area contributed by atoms with Crippen LogP contribution in [0.2, 0.25) is 0 Å². The summed E-state index contributed by atoms with van der Waals surface area (Å²) < 4.78 is 0. The molecule has 1 aliphatic rings. The minimum atomic E-state index is 0.654. The summed E-state index contributed by atoms with van der Waals surface area (Å²) in [5, 5.41) is 3.22. The number of nitrogens with zero attached hydrogens (tertiary/aromatic N) is 3. The molecule has 1 saturated heterocycles. The van der Waals surface area contributed by atoms with E-state index in [-0.39, 0.29) is 0 Å². The van der Waals surface area contributed by atoms with E-state index in [0.29, 0.717) is 6.04 Å². The molecule has 1 fully saturated rings. The molecule has 4 heteroatoms. The van der Waals surface area contributed by atoms with Gasteiger partial charge in [-0.3, -0.25) is 4.98 Å². The lowest BCUT2D eigenvalue weighted by molar-refractivity contribution is 0.221. The second-order valence-corrected chi connectivity index (χ2v) is 5.31. The van der Waals surface area contributed by atoms with E-state index < -0.39 is 0 Å². The summed E-state index contributed by atoms with van der Waals surface area (Å²) in [5.41, 5.74) is 2.60. The SMILES string of the molecule is CCN1CCC(N(C)c2ccncc2CNC)CC1. The normalized spacial score (nSPS) is 17.6. The maximum absolute atomic E-state index is 4.24. The standard InChI is InChI=1S/C15H26N4/c1-4-19-9-6-14(7-10-19)18(3)15-5-8-17-12-13(15)11-16-2/h5,8,12,14,16H,4,6-7,9-11H2,1-3H3. The van der Waals surface area contributed by atoms with Gasteiger partial charge in [0.1, 0.15) is 0 Å². The van der Waals surface area contributed by atoms with Gasteiger partial charge in [0.2, 0.25) is 0 Å². The fourth-order valence-electron chi connectivity index (χ4n) is 2.91. The van der Waals surface area contributed by atoms with Crippen LogP contribution in [0.15, 0.2) is 18.5 Å². The minimum Gasteiger partial charge on any atom is -0.371 e. The van der Waals surface area contributed by atoms with E-state index in [9.17, 15) is 0 Å². The predicted molar refractivity (Wildman–Crippen MR) is 80.5 cm³/mol. The summed E-state index contributed by atoms with van der Waals surface area (Å²) in [7, 11) is 4.21. The van der Waals surface area contributed by atoms with Crippen LogP contribution in [0.1, 0.15) is 25.3 Å². The van der Waals surface area contributed by atoms with E-state index in [1.54, 1.807) is 0 Å². The zero-order valence-electron chi connectivity index (χ0n) is 12.4. The first kappa shape index (κ1) is 14.3. The number of hydrogen-bond acceptors (Lipinski definition) is 4. The highest BCUT2D eigenvalue weighted by Crippen LogP contribution is 2.24. The van der Waals surface area contributed by atoms with Gasteiger partial charge in [-0.15, -0.1) is 0 Å². The highest BCUT2D eigenvalue weighted by atomic mass is 15.2. The number of nitrogens with one attached hydrogen (secondary N) is 1. The summed E-state index contributed by atoms with van der Waals surface area (Å²) in [6, 6.07) is 2.79. The number of hydrogen-bond donors (Lipinski definition) is 1. The number of anilines is 1. The summed E-state index contributed by atoms with van der Waals surface area (Å²) in [6.45, 7) is 6.74. The summed E-state index contributed by atoms with van der Waals surface area (Å²) >= 11 is 0. The van der Waals surface area contributed by atoms with Gasteiger partial charge in [0.05, 0.1) is 0 Å². The fourth-order valence-corrected chi connectivity index (χ4v) is 2.91. The molecule has 19 heavy (non-hydrogen) atoms.